The average molecular weight is 563 g/mol. The van der Waals surface area contributed by atoms with E-state index in [-0.39, 0.29) is 11.7 Å². The van der Waals surface area contributed by atoms with Crippen molar-refractivity contribution < 1.29 is 23.4 Å². The third kappa shape index (κ3) is 6.64. The Bertz CT molecular complexity index is 1500. The van der Waals surface area contributed by atoms with Crippen LogP contribution < -0.4 is 10.1 Å². The number of aromatic nitrogens is 3. The van der Waals surface area contributed by atoms with Crippen molar-refractivity contribution in [3.05, 3.63) is 71.9 Å². The quantitative estimate of drug-likeness (QED) is 0.274. The van der Waals surface area contributed by atoms with Crippen LogP contribution in [-0.2, 0) is 9.47 Å². The summed E-state index contributed by atoms with van der Waals surface area (Å²) >= 11 is 0. The van der Waals surface area contributed by atoms with Gasteiger partial charge in [-0.3, -0.25) is 14.1 Å². The molecule has 0 atom stereocenters. The minimum absolute atomic E-state index is 0.0596. The number of carbonyl (C=O) groups is 1. The number of imidazole rings is 1. The van der Waals surface area contributed by atoms with Gasteiger partial charge in [-0.15, -0.1) is 0 Å². The molecule has 0 spiro atoms. The van der Waals surface area contributed by atoms with Crippen molar-refractivity contribution in [2.75, 3.05) is 72.1 Å². The molecule has 5 rings (SSSR count). The maximum Gasteiger partial charge on any atom is 0.253 e. The number of ether oxygens (including phenoxy) is 3. The molecule has 10 nitrogen and oxygen atoms in total. The number of halogens is 1. The first kappa shape index (κ1) is 28.5. The molecular formula is C30H35FN6O4. The molecule has 11 heteroatoms. The Morgan fingerprint density at radius 2 is 1.98 bits per heavy atom. The molecule has 1 N–H and O–H groups in total. The third-order valence-corrected chi connectivity index (χ3v) is 7.17. The molecule has 0 aliphatic carbocycles. The number of rotatable bonds is 11. The monoisotopic (exact) mass is 562 g/mol. The Kier molecular flexibility index (Phi) is 9.07. The van der Waals surface area contributed by atoms with Gasteiger partial charge in [0, 0.05) is 62.4 Å². The lowest BCUT2D eigenvalue weighted by Crippen LogP contribution is -2.38. The highest BCUT2D eigenvalue weighted by molar-refractivity contribution is 5.96. The highest BCUT2D eigenvalue weighted by Gasteiger charge is 2.17. The number of aryl methyl sites for hydroxylation is 1. The molecule has 0 radical (unpaired) electrons. The molecule has 1 amide bonds. The number of nitrogens with zero attached hydrogens (tertiary/aromatic N) is 5. The molecule has 1 saturated heterocycles. The average Bonchev–Trinajstić information content (AvgIpc) is 3.42. The van der Waals surface area contributed by atoms with Gasteiger partial charge >= 0.3 is 0 Å². The van der Waals surface area contributed by atoms with Crippen molar-refractivity contribution in [3.63, 3.8) is 0 Å². The molecule has 4 aromatic rings. The van der Waals surface area contributed by atoms with Crippen LogP contribution in [0.5, 0.6) is 5.75 Å². The molecule has 1 fully saturated rings. The van der Waals surface area contributed by atoms with E-state index in [4.69, 9.17) is 14.2 Å². The molecule has 0 bridgehead atoms. The van der Waals surface area contributed by atoms with Gasteiger partial charge in [0.05, 0.1) is 45.4 Å². The lowest BCUT2D eigenvalue weighted by molar-refractivity contribution is 0.0184. The summed E-state index contributed by atoms with van der Waals surface area (Å²) in [5, 5.41) is 3.31. The van der Waals surface area contributed by atoms with Crippen LogP contribution in [0, 0.1) is 12.7 Å². The first-order chi connectivity index (χ1) is 19.9. The zero-order valence-corrected chi connectivity index (χ0v) is 23.6. The summed E-state index contributed by atoms with van der Waals surface area (Å²) in [7, 11) is 3.22. The van der Waals surface area contributed by atoms with E-state index >= 15 is 0 Å². The molecule has 1 aliphatic rings. The number of fused-ring (bicyclic) bond motifs is 1. The lowest BCUT2D eigenvalue weighted by Gasteiger charge is -2.26. The van der Waals surface area contributed by atoms with Gasteiger partial charge in [0.2, 0.25) is 0 Å². The zero-order chi connectivity index (χ0) is 28.8. The van der Waals surface area contributed by atoms with Crippen molar-refractivity contribution in [2.45, 2.75) is 6.92 Å². The Balaban J connectivity index is 1.21. The van der Waals surface area contributed by atoms with Crippen LogP contribution >= 0.6 is 0 Å². The van der Waals surface area contributed by atoms with Gasteiger partial charge in [-0.2, -0.15) is 0 Å². The summed E-state index contributed by atoms with van der Waals surface area (Å²) < 4.78 is 32.3. The van der Waals surface area contributed by atoms with E-state index in [0.29, 0.717) is 42.4 Å². The number of hydrogen-bond donors (Lipinski definition) is 1. The highest BCUT2D eigenvalue weighted by atomic mass is 19.1. The number of carbonyl (C=O) groups excluding carboxylic acids is 1. The number of methoxy groups -OCH3 is 1. The zero-order valence-electron chi connectivity index (χ0n) is 23.6. The van der Waals surface area contributed by atoms with Crippen molar-refractivity contribution in [3.8, 4) is 17.0 Å². The van der Waals surface area contributed by atoms with Crippen molar-refractivity contribution in [1.29, 1.82) is 0 Å². The SMILES string of the molecule is COc1ccc(-c2cnc3c(Nc4ccc(C(=O)N(C)CCOCCN5CCOCC5)c(C)c4)nccn23)cc1F. The summed E-state index contributed by atoms with van der Waals surface area (Å²) in [6, 6.07) is 10.4. The first-order valence-corrected chi connectivity index (χ1v) is 13.6. The molecule has 2 aromatic carbocycles. The van der Waals surface area contributed by atoms with E-state index in [1.54, 1.807) is 42.7 Å². The van der Waals surface area contributed by atoms with E-state index in [2.05, 4.69) is 20.2 Å². The fraction of sp³-hybridized carbons (Fsp3) is 0.367. The minimum Gasteiger partial charge on any atom is -0.494 e. The normalized spacial score (nSPS) is 13.9. The maximum atomic E-state index is 14.3. The van der Waals surface area contributed by atoms with Gasteiger partial charge in [-0.1, -0.05) is 0 Å². The molecule has 0 unspecified atom stereocenters. The highest BCUT2D eigenvalue weighted by Crippen LogP contribution is 2.29. The van der Waals surface area contributed by atoms with Crippen molar-refractivity contribution in [1.82, 2.24) is 24.2 Å². The fourth-order valence-corrected chi connectivity index (χ4v) is 4.79. The Morgan fingerprint density at radius 3 is 2.73 bits per heavy atom. The van der Waals surface area contributed by atoms with Crippen molar-refractivity contribution in [2.24, 2.45) is 0 Å². The number of likely N-dealkylation sites (N-methyl/N-ethyl adjacent to an activating group) is 1. The van der Waals surface area contributed by atoms with E-state index in [1.807, 2.05) is 29.5 Å². The van der Waals surface area contributed by atoms with Crippen LogP contribution in [0.4, 0.5) is 15.9 Å². The van der Waals surface area contributed by atoms with Crippen LogP contribution in [0.25, 0.3) is 16.9 Å². The summed E-state index contributed by atoms with van der Waals surface area (Å²) in [6.45, 7) is 7.82. The fourth-order valence-electron chi connectivity index (χ4n) is 4.79. The van der Waals surface area contributed by atoms with Gasteiger partial charge in [0.15, 0.2) is 23.0 Å². The van der Waals surface area contributed by atoms with Crippen LogP contribution in [-0.4, -0.2) is 96.8 Å². The second-order valence-electron chi connectivity index (χ2n) is 9.91. The molecule has 1 aliphatic heterocycles. The van der Waals surface area contributed by atoms with Gasteiger partial charge in [-0.25, -0.2) is 14.4 Å². The number of nitrogens with one attached hydrogen (secondary N) is 1. The van der Waals surface area contributed by atoms with Gasteiger partial charge in [0.25, 0.3) is 5.91 Å². The summed E-state index contributed by atoms with van der Waals surface area (Å²) in [6.07, 6.45) is 5.11. The minimum atomic E-state index is -0.445. The topological polar surface area (TPSA) is 93.5 Å². The molecule has 41 heavy (non-hydrogen) atoms. The van der Waals surface area contributed by atoms with Crippen LogP contribution in [0.15, 0.2) is 55.0 Å². The number of benzene rings is 2. The third-order valence-electron chi connectivity index (χ3n) is 7.17. The van der Waals surface area contributed by atoms with E-state index in [1.165, 1.54) is 13.2 Å². The number of morpholine rings is 1. The largest absolute Gasteiger partial charge is 0.494 e. The molecule has 0 saturated carbocycles. The van der Waals surface area contributed by atoms with Gasteiger partial charge < -0.3 is 24.4 Å². The number of anilines is 2. The van der Waals surface area contributed by atoms with E-state index in [0.717, 1.165) is 49.8 Å². The van der Waals surface area contributed by atoms with Crippen LogP contribution in [0.3, 0.4) is 0 Å². The molecule has 216 valence electrons. The second-order valence-corrected chi connectivity index (χ2v) is 9.91. The smallest absolute Gasteiger partial charge is 0.253 e. The van der Waals surface area contributed by atoms with Crippen LogP contribution in [0.2, 0.25) is 0 Å². The Morgan fingerprint density at radius 1 is 1.15 bits per heavy atom. The summed E-state index contributed by atoms with van der Waals surface area (Å²) in [5.41, 5.74) is 4.21. The number of hydrogen-bond acceptors (Lipinski definition) is 8. The predicted octanol–water partition coefficient (Wildman–Crippen LogP) is 4.02. The Hall–Kier alpha value is -4.06. The Labute approximate surface area is 238 Å². The van der Waals surface area contributed by atoms with E-state index in [9.17, 15) is 9.18 Å². The van der Waals surface area contributed by atoms with Crippen LogP contribution in [0.1, 0.15) is 15.9 Å². The molecule has 3 heterocycles. The standard InChI is InChI=1S/C30H35FN6O4/c1-21-18-23(5-6-24(21)30(38)35(2)10-14-40-15-11-36-12-16-41-17-13-36)34-28-29-33-20-26(37(29)9-8-32-28)22-4-7-27(39-3)25(31)19-22/h4-9,18-20H,10-17H2,1-3H3,(H,32,34). The molecule has 2 aromatic heterocycles. The lowest BCUT2D eigenvalue weighted by atomic mass is 10.1. The summed E-state index contributed by atoms with van der Waals surface area (Å²) in [5.74, 6) is 0.218. The number of amides is 1. The summed E-state index contributed by atoms with van der Waals surface area (Å²) in [4.78, 5) is 26.1. The van der Waals surface area contributed by atoms with Gasteiger partial charge in [0.1, 0.15) is 0 Å². The second kappa shape index (κ2) is 13.1. The molecular weight excluding hydrogens is 527 g/mol. The maximum absolute atomic E-state index is 14.3. The van der Waals surface area contributed by atoms with E-state index < -0.39 is 5.82 Å². The predicted molar refractivity (Wildman–Crippen MR) is 154 cm³/mol. The van der Waals surface area contributed by atoms with Crippen molar-refractivity contribution >= 4 is 23.1 Å². The van der Waals surface area contributed by atoms with Gasteiger partial charge in [-0.05, 0) is 48.9 Å². The first-order valence-electron chi connectivity index (χ1n) is 13.6.